The quantitative estimate of drug-likeness (QED) is 0.549. The summed E-state index contributed by atoms with van der Waals surface area (Å²) < 4.78 is 3.89. The molecule has 0 radical (unpaired) electrons. The highest BCUT2D eigenvalue weighted by atomic mass is 15.5. The zero-order valence-corrected chi connectivity index (χ0v) is 13.4. The minimum Gasteiger partial charge on any atom is -0.324 e. The molecule has 0 aliphatic heterocycles. The second kappa shape index (κ2) is 5.23. The van der Waals surface area contributed by atoms with E-state index in [2.05, 4.69) is 66.2 Å². The van der Waals surface area contributed by atoms with Crippen LogP contribution in [-0.4, -0.2) is 39.6 Å². The summed E-state index contributed by atoms with van der Waals surface area (Å²) in [5, 5.41) is 15.2. The van der Waals surface area contributed by atoms with Gasteiger partial charge in [0.25, 0.3) is 0 Å². The van der Waals surface area contributed by atoms with Gasteiger partial charge in [-0.3, -0.25) is 5.10 Å². The van der Waals surface area contributed by atoms with E-state index in [1.165, 1.54) is 0 Å². The third-order valence-electron chi connectivity index (χ3n) is 4.38. The number of nitrogens with one attached hydrogen (secondary N) is 1. The molecule has 0 saturated heterocycles. The number of aromatic nitrogens is 8. The lowest BCUT2D eigenvalue weighted by molar-refractivity contribution is 0.554. The monoisotopic (exact) mass is 330 g/mol. The summed E-state index contributed by atoms with van der Waals surface area (Å²) in [6.07, 6.45) is 9.31. The van der Waals surface area contributed by atoms with Crippen molar-refractivity contribution >= 4 is 16.8 Å². The number of nitrogens with zero attached hydrogens (tertiary/aromatic N) is 7. The molecule has 1 N–H and O–H groups in total. The zero-order chi connectivity index (χ0) is 16.8. The fourth-order valence-electron chi connectivity index (χ4n) is 2.96. The number of hydrogen-bond acceptors (Lipinski definition) is 5. The van der Waals surface area contributed by atoms with Crippen molar-refractivity contribution in [2.24, 2.45) is 0 Å². The molecule has 0 amide bonds. The largest absolute Gasteiger partial charge is 0.324 e. The van der Waals surface area contributed by atoms with Gasteiger partial charge in [0.1, 0.15) is 0 Å². The Balaban J connectivity index is 1.62. The van der Waals surface area contributed by atoms with Crippen LogP contribution in [0.25, 0.3) is 28.1 Å². The second-order valence-corrected chi connectivity index (χ2v) is 5.90. The maximum atomic E-state index is 4.69. The minimum atomic E-state index is -0.0225. The molecular formula is C17H14N8. The van der Waals surface area contributed by atoms with E-state index in [9.17, 15) is 0 Å². The van der Waals surface area contributed by atoms with Gasteiger partial charge < -0.3 is 4.40 Å². The highest BCUT2D eigenvalue weighted by Crippen LogP contribution is 2.23. The van der Waals surface area contributed by atoms with Crippen molar-refractivity contribution < 1.29 is 0 Å². The Morgan fingerprint density at radius 3 is 3.00 bits per heavy atom. The van der Waals surface area contributed by atoms with Crippen LogP contribution < -0.4 is 0 Å². The number of aromatic amines is 1. The van der Waals surface area contributed by atoms with Gasteiger partial charge in [0, 0.05) is 29.7 Å². The first-order valence-corrected chi connectivity index (χ1v) is 7.93. The first kappa shape index (κ1) is 13.8. The number of rotatable bonds is 3. The number of hydrogen-bond donors (Lipinski definition) is 1. The lowest BCUT2D eigenvalue weighted by atomic mass is 10.1. The summed E-state index contributed by atoms with van der Waals surface area (Å²) in [5.74, 6) is 0. The highest BCUT2D eigenvalue weighted by molar-refractivity contribution is 5.69. The van der Waals surface area contributed by atoms with Crippen molar-refractivity contribution in [3.8, 4) is 11.3 Å². The lowest BCUT2D eigenvalue weighted by Crippen LogP contribution is -2.10. The molecule has 5 heterocycles. The van der Waals surface area contributed by atoms with Gasteiger partial charge in [-0.15, -0.1) is 5.10 Å². The van der Waals surface area contributed by atoms with E-state index >= 15 is 0 Å². The molecule has 0 aromatic carbocycles. The third kappa shape index (κ3) is 2.18. The van der Waals surface area contributed by atoms with Gasteiger partial charge in [-0.1, -0.05) is 11.3 Å². The van der Waals surface area contributed by atoms with Crippen LogP contribution in [0.1, 0.15) is 18.5 Å². The normalized spacial score (nSPS) is 12.8. The predicted octanol–water partition coefficient (Wildman–Crippen LogP) is 2.47. The molecule has 25 heavy (non-hydrogen) atoms. The average molecular weight is 330 g/mol. The summed E-state index contributed by atoms with van der Waals surface area (Å²) in [4.78, 5) is 9.06. The van der Waals surface area contributed by atoms with Crippen LogP contribution in [0.2, 0.25) is 0 Å². The minimum absolute atomic E-state index is 0.0225. The van der Waals surface area contributed by atoms with Gasteiger partial charge >= 0.3 is 0 Å². The van der Waals surface area contributed by atoms with E-state index in [4.69, 9.17) is 0 Å². The van der Waals surface area contributed by atoms with Crippen LogP contribution in [0.4, 0.5) is 0 Å². The van der Waals surface area contributed by atoms with E-state index in [1.807, 2.05) is 12.3 Å². The molecule has 5 aromatic rings. The summed E-state index contributed by atoms with van der Waals surface area (Å²) >= 11 is 0. The molecule has 1 atom stereocenters. The number of H-pyrrole nitrogens is 1. The van der Waals surface area contributed by atoms with Crippen molar-refractivity contribution in [2.45, 2.75) is 13.0 Å². The van der Waals surface area contributed by atoms with Crippen LogP contribution in [0.5, 0.6) is 0 Å². The van der Waals surface area contributed by atoms with Crippen molar-refractivity contribution in [3.63, 3.8) is 0 Å². The van der Waals surface area contributed by atoms with E-state index in [0.29, 0.717) is 11.3 Å². The number of fused-ring (bicyclic) bond motifs is 2. The molecule has 5 rings (SSSR count). The second-order valence-electron chi connectivity index (χ2n) is 5.90. The van der Waals surface area contributed by atoms with Gasteiger partial charge in [-0.2, -0.15) is 5.10 Å². The highest BCUT2D eigenvalue weighted by Gasteiger charge is 2.17. The Morgan fingerprint density at radius 1 is 1.16 bits per heavy atom. The molecule has 122 valence electrons. The van der Waals surface area contributed by atoms with Gasteiger partial charge in [-0.05, 0) is 30.7 Å². The molecule has 0 saturated carbocycles. The Hall–Kier alpha value is -3.55. The Labute approximate surface area is 142 Å². The van der Waals surface area contributed by atoms with Gasteiger partial charge in [0.05, 0.1) is 24.1 Å². The molecule has 0 spiro atoms. The summed E-state index contributed by atoms with van der Waals surface area (Å²) in [6.45, 7) is 2.07. The molecule has 8 heteroatoms. The third-order valence-corrected chi connectivity index (χ3v) is 4.38. The molecule has 5 aromatic heterocycles. The van der Waals surface area contributed by atoms with Crippen molar-refractivity contribution in [3.05, 3.63) is 60.8 Å². The standard InChI is InChI=1S/C17H14N8/c1-11(12-4-5-14-3-2-6-24(14)10-12)25-17-16(22-23-25)18-9-15(21-17)13-7-19-20-8-13/h2-11H,1H3,(H,19,20). The Morgan fingerprint density at radius 2 is 2.12 bits per heavy atom. The first-order chi connectivity index (χ1) is 12.3. The van der Waals surface area contributed by atoms with E-state index in [1.54, 1.807) is 23.3 Å². The van der Waals surface area contributed by atoms with Gasteiger partial charge in [0.15, 0.2) is 5.65 Å². The fourth-order valence-corrected chi connectivity index (χ4v) is 2.96. The van der Waals surface area contributed by atoms with Crippen LogP contribution in [0.3, 0.4) is 0 Å². The van der Waals surface area contributed by atoms with Crippen LogP contribution in [-0.2, 0) is 0 Å². The maximum Gasteiger partial charge on any atom is 0.221 e. The Bertz CT molecular complexity index is 1170. The smallest absolute Gasteiger partial charge is 0.221 e. The van der Waals surface area contributed by atoms with Gasteiger partial charge in [0.2, 0.25) is 5.65 Å². The lowest BCUT2D eigenvalue weighted by Gasteiger charge is -2.13. The molecule has 0 bridgehead atoms. The maximum absolute atomic E-state index is 4.69. The molecule has 0 aliphatic carbocycles. The zero-order valence-electron chi connectivity index (χ0n) is 13.4. The number of pyridine rings is 1. The molecular weight excluding hydrogens is 316 g/mol. The van der Waals surface area contributed by atoms with E-state index in [0.717, 1.165) is 22.3 Å². The van der Waals surface area contributed by atoms with E-state index < -0.39 is 0 Å². The average Bonchev–Trinajstić information content (AvgIpc) is 3.39. The van der Waals surface area contributed by atoms with Crippen molar-refractivity contribution in [1.82, 2.24) is 39.6 Å². The first-order valence-electron chi connectivity index (χ1n) is 7.93. The van der Waals surface area contributed by atoms with E-state index in [-0.39, 0.29) is 6.04 Å². The van der Waals surface area contributed by atoms with Crippen molar-refractivity contribution in [2.75, 3.05) is 0 Å². The molecule has 0 fully saturated rings. The molecule has 8 nitrogen and oxygen atoms in total. The van der Waals surface area contributed by atoms with Gasteiger partial charge in [-0.25, -0.2) is 14.6 Å². The summed E-state index contributed by atoms with van der Waals surface area (Å²) in [6, 6.07) is 8.26. The van der Waals surface area contributed by atoms with Crippen molar-refractivity contribution in [1.29, 1.82) is 0 Å². The summed E-state index contributed by atoms with van der Waals surface area (Å²) in [5.41, 5.74) is 5.06. The summed E-state index contributed by atoms with van der Waals surface area (Å²) in [7, 11) is 0. The van der Waals surface area contributed by atoms with Crippen LogP contribution >= 0.6 is 0 Å². The molecule has 0 aliphatic rings. The fraction of sp³-hybridized carbons (Fsp3) is 0.118. The molecule has 1 unspecified atom stereocenters. The van der Waals surface area contributed by atoms with Crippen LogP contribution in [0.15, 0.2) is 55.2 Å². The SMILES string of the molecule is CC(c1ccc2cccn2c1)n1nnc2ncc(-c3cn[nH]c3)nc21. The predicted molar refractivity (Wildman–Crippen MR) is 91.9 cm³/mol. The Kier molecular flexibility index (Phi) is 2.90. The topological polar surface area (TPSA) is 89.6 Å². The van der Waals surface area contributed by atoms with Crippen LogP contribution in [0, 0.1) is 0 Å².